The first-order chi connectivity index (χ1) is 8.20. The van der Waals surface area contributed by atoms with Crippen molar-refractivity contribution in [3.63, 3.8) is 0 Å². The van der Waals surface area contributed by atoms with Crippen LogP contribution in [-0.2, 0) is 9.53 Å². The largest absolute Gasteiger partial charge is 0.379 e. The van der Waals surface area contributed by atoms with Crippen LogP contribution in [0.25, 0.3) is 0 Å². The Labute approximate surface area is 105 Å². The number of rotatable bonds is 3. The van der Waals surface area contributed by atoms with Gasteiger partial charge in [0.1, 0.15) is 5.82 Å². The number of hydrogen-bond acceptors (Lipinski definition) is 4. The minimum absolute atomic E-state index is 0.0577. The third-order valence-corrected chi connectivity index (χ3v) is 2.99. The van der Waals surface area contributed by atoms with Gasteiger partial charge in [-0.25, -0.2) is 4.98 Å². The van der Waals surface area contributed by atoms with E-state index in [2.05, 4.69) is 15.6 Å². The molecule has 1 fully saturated rings. The second-order valence-corrected chi connectivity index (χ2v) is 4.33. The van der Waals surface area contributed by atoms with Gasteiger partial charge in [0.05, 0.1) is 24.2 Å². The van der Waals surface area contributed by atoms with Gasteiger partial charge in [-0.3, -0.25) is 4.79 Å². The van der Waals surface area contributed by atoms with Gasteiger partial charge in [-0.1, -0.05) is 11.6 Å². The first-order valence-corrected chi connectivity index (χ1v) is 5.76. The number of halogens is 1. The van der Waals surface area contributed by atoms with Crippen LogP contribution in [0, 0.1) is 5.92 Å². The maximum atomic E-state index is 12.0. The summed E-state index contributed by atoms with van der Waals surface area (Å²) in [6.07, 6.45) is 1.50. The Morgan fingerprint density at radius 2 is 2.35 bits per heavy atom. The summed E-state index contributed by atoms with van der Waals surface area (Å²) in [5.74, 6) is 0.232. The molecule has 92 valence electrons. The first kappa shape index (κ1) is 12.3. The van der Waals surface area contributed by atoms with Crippen molar-refractivity contribution in [2.24, 2.45) is 5.92 Å². The molecule has 1 aliphatic rings. The molecule has 1 aromatic rings. The third kappa shape index (κ3) is 2.94. The molecule has 2 heterocycles. The lowest BCUT2D eigenvalue weighted by Crippen LogP contribution is -2.39. The van der Waals surface area contributed by atoms with Gasteiger partial charge < -0.3 is 15.4 Å². The molecular weight excluding hydrogens is 242 g/mol. The summed E-state index contributed by atoms with van der Waals surface area (Å²) in [6.45, 7) is 0.994. The summed E-state index contributed by atoms with van der Waals surface area (Å²) < 4.78 is 5.27. The molecule has 1 aromatic heterocycles. The number of nitrogens with one attached hydrogen (secondary N) is 2. The summed E-state index contributed by atoms with van der Waals surface area (Å²) >= 11 is 5.72. The molecule has 1 amide bonds. The fourth-order valence-corrected chi connectivity index (χ4v) is 1.88. The van der Waals surface area contributed by atoms with Gasteiger partial charge in [-0.2, -0.15) is 0 Å². The Morgan fingerprint density at radius 1 is 1.53 bits per heavy atom. The van der Waals surface area contributed by atoms with Gasteiger partial charge in [0.2, 0.25) is 5.91 Å². The van der Waals surface area contributed by atoms with Gasteiger partial charge in [0.25, 0.3) is 0 Å². The number of pyridine rings is 1. The molecule has 2 unspecified atom stereocenters. The summed E-state index contributed by atoms with van der Waals surface area (Å²) in [5, 5.41) is 6.35. The van der Waals surface area contributed by atoms with Crippen molar-refractivity contribution in [3.8, 4) is 0 Å². The summed E-state index contributed by atoms with van der Waals surface area (Å²) in [4.78, 5) is 16.0. The van der Waals surface area contributed by atoms with Crippen molar-refractivity contribution >= 4 is 23.3 Å². The molecule has 2 atom stereocenters. The minimum atomic E-state index is -0.183. The Hall–Kier alpha value is -1.17. The summed E-state index contributed by atoms with van der Waals surface area (Å²) in [7, 11) is 1.82. The van der Waals surface area contributed by atoms with E-state index in [9.17, 15) is 4.79 Å². The number of hydrogen-bond donors (Lipinski definition) is 2. The zero-order valence-corrected chi connectivity index (χ0v) is 10.2. The van der Waals surface area contributed by atoms with E-state index in [4.69, 9.17) is 16.3 Å². The lowest BCUT2D eigenvalue weighted by molar-refractivity contribution is -0.120. The highest BCUT2D eigenvalue weighted by Crippen LogP contribution is 2.16. The normalized spacial score (nSPS) is 23.6. The molecule has 0 spiro atoms. The van der Waals surface area contributed by atoms with E-state index in [1.165, 1.54) is 6.20 Å². The monoisotopic (exact) mass is 255 g/mol. The Balaban J connectivity index is 1.99. The molecule has 1 saturated heterocycles. The lowest BCUT2D eigenvalue weighted by Gasteiger charge is -2.15. The number of ether oxygens (including phenoxy) is 1. The maximum Gasteiger partial charge on any atom is 0.232 e. The van der Waals surface area contributed by atoms with Crippen LogP contribution < -0.4 is 10.6 Å². The smallest absolute Gasteiger partial charge is 0.232 e. The van der Waals surface area contributed by atoms with Crippen LogP contribution in [0.3, 0.4) is 0 Å². The minimum Gasteiger partial charge on any atom is -0.379 e. The third-order valence-electron chi connectivity index (χ3n) is 2.77. The highest BCUT2D eigenvalue weighted by Gasteiger charge is 2.33. The Bertz CT molecular complexity index is 396. The average molecular weight is 256 g/mol. The molecule has 17 heavy (non-hydrogen) atoms. The van der Waals surface area contributed by atoms with Crippen molar-refractivity contribution in [2.75, 3.05) is 25.6 Å². The predicted molar refractivity (Wildman–Crippen MR) is 65.0 cm³/mol. The fourth-order valence-electron chi connectivity index (χ4n) is 1.77. The van der Waals surface area contributed by atoms with Gasteiger partial charge in [0, 0.05) is 12.2 Å². The second-order valence-electron chi connectivity index (χ2n) is 3.89. The maximum absolute atomic E-state index is 12.0. The van der Waals surface area contributed by atoms with Crippen molar-refractivity contribution < 1.29 is 9.53 Å². The number of nitrogens with zero attached hydrogens (tertiary/aromatic N) is 1. The van der Waals surface area contributed by atoms with Crippen molar-refractivity contribution in [2.45, 2.75) is 6.04 Å². The molecule has 0 aromatic carbocycles. The molecule has 2 rings (SSSR count). The van der Waals surface area contributed by atoms with Crippen LogP contribution in [0.4, 0.5) is 5.82 Å². The molecule has 6 heteroatoms. The summed E-state index contributed by atoms with van der Waals surface area (Å²) in [6, 6.07) is 3.41. The summed E-state index contributed by atoms with van der Waals surface area (Å²) in [5.41, 5.74) is 0. The van der Waals surface area contributed by atoms with E-state index >= 15 is 0 Å². The van der Waals surface area contributed by atoms with E-state index in [1.54, 1.807) is 12.1 Å². The van der Waals surface area contributed by atoms with Crippen LogP contribution >= 0.6 is 11.6 Å². The molecule has 5 nitrogen and oxygen atoms in total. The number of aromatic nitrogens is 1. The SMILES string of the molecule is CNC1COCC1C(=O)Nc1ccc(Cl)cn1. The average Bonchev–Trinajstić information content (AvgIpc) is 2.80. The van der Waals surface area contributed by atoms with E-state index in [1.807, 2.05) is 7.05 Å². The van der Waals surface area contributed by atoms with Crippen LogP contribution in [-0.4, -0.2) is 37.2 Å². The Kier molecular flexibility index (Phi) is 3.93. The zero-order valence-electron chi connectivity index (χ0n) is 9.44. The molecular formula is C11H14ClN3O2. The topological polar surface area (TPSA) is 63.2 Å². The molecule has 0 saturated carbocycles. The van der Waals surface area contributed by atoms with E-state index in [0.29, 0.717) is 24.1 Å². The number of likely N-dealkylation sites (N-methyl/N-ethyl adjacent to an activating group) is 1. The number of anilines is 1. The van der Waals surface area contributed by atoms with Gasteiger partial charge in [0.15, 0.2) is 0 Å². The van der Waals surface area contributed by atoms with E-state index in [0.717, 1.165) is 0 Å². The van der Waals surface area contributed by atoms with Crippen LogP contribution in [0.2, 0.25) is 5.02 Å². The molecule has 1 aliphatic heterocycles. The van der Waals surface area contributed by atoms with Crippen molar-refractivity contribution in [1.82, 2.24) is 10.3 Å². The van der Waals surface area contributed by atoms with Crippen LogP contribution in [0.5, 0.6) is 0 Å². The van der Waals surface area contributed by atoms with Crippen LogP contribution in [0.15, 0.2) is 18.3 Å². The van der Waals surface area contributed by atoms with Gasteiger partial charge in [-0.15, -0.1) is 0 Å². The van der Waals surface area contributed by atoms with Crippen LogP contribution in [0.1, 0.15) is 0 Å². The van der Waals surface area contributed by atoms with Crippen molar-refractivity contribution in [1.29, 1.82) is 0 Å². The molecule has 0 aliphatic carbocycles. The highest BCUT2D eigenvalue weighted by molar-refractivity contribution is 6.30. The van der Waals surface area contributed by atoms with Gasteiger partial charge in [-0.05, 0) is 19.2 Å². The Morgan fingerprint density at radius 3 is 3.00 bits per heavy atom. The van der Waals surface area contributed by atoms with E-state index in [-0.39, 0.29) is 17.9 Å². The number of carbonyl (C=O) groups excluding carboxylic acids is 1. The molecule has 2 N–H and O–H groups in total. The molecule has 0 bridgehead atoms. The van der Waals surface area contributed by atoms with E-state index < -0.39 is 0 Å². The standard InChI is InChI=1S/C11H14ClN3O2/c1-13-9-6-17-5-8(9)11(16)15-10-3-2-7(12)4-14-10/h2-4,8-9,13H,5-6H2,1H3,(H,14,15,16). The highest BCUT2D eigenvalue weighted by atomic mass is 35.5. The molecule has 0 radical (unpaired) electrons. The lowest BCUT2D eigenvalue weighted by atomic mass is 10.0. The zero-order chi connectivity index (χ0) is 12.3. The second kappa shape index (κ2) is 5.44. The number of carbonyl (C=O) groups is 1. The first-order valence-electron chi connectivity index (χ1n) is 5.38. The van der Waals surface area contributed by atoms with Gasteiger partial charge >= 0.3 is 0 Å². The number of amides is 1. The van der Waals surface area contributed by atoms with Crippen molar-refractivity contribution in [3.05, 3.63) is 23.4 Å². The quantitative estimate of drug-likeness (QED) is 0.843. The fraction of sp³-hybridized carbons (Fsp3) is 0.455. The predicted octanol–water partition coefficient (Wildman–Crippen LogP) is 0.908.